The molecule has 0 saturated heterocycles. The van der Waals surface area contributed by atoms with Crippen LogP contribution in [0.25, 0.3) is 17.0 Å². The van der Waals surface area contributed by atoms with Gasteiger partial charge in [-0.15, -0.1) is 0 Å². The molecule has 0 saturated carbocycles. The van der Waals surface area contributed by atoms with Gasteiger partial charge in [-0.05, 0) is 59.5 Å². The molecule has 0 bridgehead atoms. The lowest BCUT2D eigenvalue weighted by Crippen LogP contribution is -2.40. The summed E-state index contributed by atoms with van der Waals surface area (Å²) in [6, 6.07) is 18.5. The zero-order chi connectivity index (χ0) is 24.9. The summed E-state index contributed by atoms with van der Waals surface area (Å²) in [6.07, 6.45) is 4.18. The molecular formula is C28H24ClFN2O3. The number of halogens is 2. The van der Waals surface area contributed by atoms with Gasteiger partial charge in [0.05, 0.1) is 17.4 Å². The molecule has 0 aliphatic heterocycles. The van der Waals surface area contributed by atoms with Crippen LogP contribution in [0.1, 0.15) is 30.0 Å². The molecule has 4 rings (SSSR count). The first kappa shape index (κ1) is 24.4. The van der Waals surface area contributed by atoms with Gasteiger partial charge in [-0.3, -0.25) is 18.7 Å². The predicted octanol–water partition coefficient (Wildman–Crippen LogP) is 5.24. The number of carbonyl (C=O) groups excluding carboxylic acids is 1. The second-order valence-corrected chi connectivity index (χ2v) is 8.69. The van der Waals surface area contributed by atoms with E-state index in [1.165, 1.54) is 33.4 Å². The molecule has 0 spiro atoms. The van der Waals surface area contributed by atoms with E-state index < -0.39 is 17.1 Å². The number of aromatic nitrogens is 2. The van der Waals surface area contributed by atoms with E-state index in [-0.39, 0.29) is 29.8 Å². The smallest absolute Gasteiger partial charge is 0.295 e. The van der Waals surface area contributed by atoms with Crippen LogP contribution in [0, 0.1) is 5.82 Å². The molecule has 1 aromatic heterocycles. The van der Waals surface area contributed by atoms with Crippen LogP contribution < -0.4 is 11.2 Å². The summed E-state index contributed by atoms with van der Waals surface area (Å²) in [5, 5.41) is 0.888. The van der Waals surface area contributed by atoms with Crippen LogP contribution in [0.2, 0.25) is 5.02 Å². The van der Waals surface area contributed by atoms with Gasteiger partial charge in [0.2, 0.25) is 0 Å². The summed E-state index contributed by atoms with van der Waals surface area (Å²) in [5.41, 5.74) is 1.90. The van der Waals surface area contributed by atoms with Gasteiger partial charge in [-0.1, -0.05) is 61.0 Å². The summed E-state index contributed by atoms with van der Waals surface area (Å²) in [6.45, 7) is 2.15. The second kappa shape index (κ2) is 10.7. The minimum atomic E-state index is -0.523. The minimum Gasteiger partial charge on any atom is -0.295 e. The SMILES string of the molecule is CCC(=O)/C=C/c1ccc(Cn2c(=O)n(CCc3ccc(Cl)cc3)c(=O)c3ccc(F)cc32)cc1. The maximum atomic E-state index is 14.1. The number of carbonyl (C=O) groups is 1. The summed E-state index contributed by atoms with van der Waals surface area (Å²) in [5.74, 6) is -0.486. The fraction of sp³-hybridized carbons (Fsp3) is 0.179. The Morgan fingerprint density at radius 2 is 1.63 bits per heavy atom. The molecule has 0 atom stereocenters. The summed E-state index contributed by atoms with van der Waals surface area (Å²) < 4.78 is 16.7. The fourth-order valence-corrected chi connectivity index (χ4v) is 3.98. The Labute approximate surface area is 206 Å². The molecule has 35 heavy (non-hydrogen) atoms. The normalized spacial score (nSPS) is 11.4. The maximum Gasteiger partial charge on any atom is 0.331 e. The highest BCUT2D eigenvalue weighted by molar-refractivity contribution is 6.30. The van der Waals surface area contributed by atoms with Crippen molar-refractivity contribution >= 4 is 34.4 Å². The first-order valence-electron chi connectivity index (χ1n) is 11.3. The van der Waals surface area contributed by atoms with Crippen LogP contribution in [0.4, 0.5) is 4.39 Å². The number of hydrogen-bond acceptors (Lipinski definition) is 3. The highest BCUT2D eigenvalue weighted by Gasteiger charge is 2.14. The molecule has 5 nitrogen and oxygen atoms in total. The topological polar surface area (TPSA) is 61.1 Å². The zero-order valence-electron chi connectivity index (χ0n) is 19.2. The van der Waals surface area contributed by atoms with Crippen LogP contribution in [-0.4, -0.2) is 14.9 Å². The molecule has 178 valence electrons. The number of ketones is 1. The minimum absolute atomic E-state index is 0.0370. The van der Waals surface area contributed by atoms with Crippen LogP contribution in [0.3, 0.4) is 0 Å². The molecule has 1 heterocycles. The van der Waals surface area contributed by atoms with E-state index in [1.54, 1.807) is 25.1 Å². The number of allylic oxidation sites excluding steroid dienone is 1. The Hall–Kier alpha value is -3.77. The Bertz CT molecular complexity index is 1520. The standard InChI is InChI=1S/C28H24ClFN2O3/c1-2-24(33)13-9-19-3-5-21(6-4-19)18-32-26-17-23(30)12-14-25(26)27(34)31(28(32)35)16-15-20-7-10-22(29)11-8-20/h3-14,17H,2,15-16,18H2,1H3/b13-9+. The number of hydrogen-bond donors (Lipinski definition) is 0. The van der Waals surface area contributed by atoms with Crippen LogP contribution in [-0.2, 0) is 24.3 Å². The van der Waals surface area contributed by atoms with Gasteiger partial charge in [0.25, 0.3) is 5.56 Å². The third-order valence-electron chi connectivity index (χ3n) is 5.86. The average Bonchev–Trinajstić information content (AvgIpc) is 2.86. The molecule has 0 unspecified atom stereocenters. The van der Waals surface area contributed by atoms with Gasteiger partial charge in [0.15, 0.2) is 5.78 Å². The molecule has 0 aliphatic carbocycles. The maximum absolute atomic E-state index is 14.1. The quantitative estimate of drug-likeness (QED) is 0.317. The van der Waals surface area contributed by atoms with E-state index >= 15 is 0 Å². The highest BCUT2D eigenvalue weighted by atomic mass is 35.5. The summed E-state index contributed by atoms with van der Waals surface area (Å²) in [7, 11) is 0. The third-order valence-corrected chi connectivity index (χ3v) is 6.11. The van der Waals surface area contributed by atoms with Crippen molar-refractivity contribution in [1.29, 1.82) is 0 Å². The highest BCUT2D eigenvalue weighted by Crippen LogP contribution is 2.15. The van der Waals surface area contributed by atoms with Crippen molar-refractivity contribution < 1.29 is 9.18 Å². The molecule has 0 aliphatic rings. The number of nitrogens with zero attached hydrogens (tertiary/aromatic N) is 2. The number of aryl methyl sites for hydroxylation is 1. The van der Waals surface area contributed by atoms with Gasteiger partial charge in [0, 0.05) is 18.0 Å². The molecule has 0 radical (unpaired) electrons. The van der Waals surface area contributed by atoms with Gasteiger partial charge < -0.3 is 0 Å². The lowest BCUT2D eigenvalue weighted by Gasteiger charge is -2.15. The first-order valence-corrected chi connectivity index (χ1v) is 11.7. The van der Waals surface area contributed by atoms with E-state index in [0.29, 0.717) is 17.9 Å². The van der Waals surface area contributed by atoms with Crippen molar-refractivity contribution in [2.24, 2.45) is 0 Å². The number of fused-ring (bicyclic) bond motifs is 1. The van der Waals surface area contributed by atoms with E-state index in [2.05, 4.69) is 0 Å². The van der Waals surface area contributed by atoms with E-state index in [9.17, 15) is 18.8 Å². The van der Waals surface area contributed by atoms with Gasteiger partial charge >= 0.3 is 5.69 Å². The monoisotopic (exact) mass is 490 g/mol. The summed E-state index contributed by atoms with van der Waals surface area (Å²) >= 11 is 5.95. The van der Waals surface area contributed by atoms with Gasteiger partial charge in [-0.25, -0.2) is 9.18 Å². The Morgan fingerprint density at radius 3 is 2.31 bits per heavy atom. The van der Waals surface area contributed by atoms with E-state index in [1.807, 2.05) is 36.4 Å². The molecule has 0 N–H and O–H groups in total. The van der Waals surface area contributed by atoms with Gasteiger partial charge in [-0.2, -0.15) is 0 Å². The van der Waals surface area contributed by atoms with Crippen molar-refractivity contribution in [2.75, 3.05) is 0 Å². The zero-order valence-corrected chi connectivity index (χ0v) is 20.0. The van der Waals surface area contributed by atoms with E-state index in [0.717, 1.165) is 16.7 Å². The summed E-state index contributed by atoms with van der Waals surface area (Å²) in [4.78, 5) is 38.0. The Morgan fingerprint density at radius 1 is 0.943 bits per heavy atom. The van der Waals surface area contributed by atoms with E-state index in [4.69, 9.17) is 11.6 Å². The van der Waals surface area contributed by atoms with Crippen LogP contribution in [0.15, 0.2) is 82.4 Å². The van der Waals surface area contributed by atoms with Crippen LogP contribution >= 0.6 is 11.6 Å². The second-order valence-electron chi connectivity index (χ2n) is 8.26. The van der Waals surface area contributed by atoms with Crippen molar-refractivity contribution in [3.63, 3.8) is 0 Å². The molecule has 7 heteroatoms. The lowest BCUT2D eigenvalue weighted by atomic mass is 10.1. The molecule has 3 aromatic carbocycles. The van der Waals surface area contributed by atoms with Crippen molar-refractivity contribution in [2.45, 2.75) is 32.9 Å². The largest absolute Gasteiger partial charge is 0.331 e. The van der Waals surface area contributed by atoms with Crippen molar-refractivity contribution in [1.82, 2.24) is 9.13 Å². The number of rotatable bonds is 8. The van der Waals surface area contributed by atoms with Gasteiger partial charge in [0.1, 0.15) is 5.82 Å². The molecule has 4 aromatic rings. The Kier molecular flexibility index (Phi) is 7.42. The van der Waals surface area contributed by atoms with Crippen molar-refractivity contribution in [3.8, 4) is 0 Å². The fourth-order valence-electron chi connectivity index (χ4n) is 3.86. The predicted molar refractivity (Wildman–Crippen MR) is 137 cm³/mol. The number of benzene rings is 3. The Balaban J connectivity index is 1.70. The van der Waals surface area contributed by atoms with Crippen LogP contribution in [0.5, 0.6) is 0 Å². The first-order chi connectivity index (χ1) is 16.9. The molecule has 0 amide bonds. The lowest BCUT2D eigenvalue weighted by molar-refractivity contribution is -0.114. The molecular weight excluding hydrogens is 467 g/mol. The average molecular weight is 491 g/mol. The van der Waals surface area contributed by atoms with Crippen molar-refractivity contribution in [3.05, 3.63) is 121 Å². The molecule has 0 fully saturated rings. The third kappa shape index (κ3) is 5.66.